The average molecular weight is 543 g/mol. The first-order valence-electron chi connectivity index (χ1n) is 12.1. The van der Waals surface area contributed by atoms with Crippen LogP contribution >= 0.6 is 11.6 Å². The zero-order chi connectivity index (χ0) is 28.1. The lowest BCUT2D eigenvalue weighted by Crippen LogP contribution is -2.38. The highest BCUT2D eigenvalue weighted by Crippen LogP contribution is 2.26. The van der Waals surface area contributed by atoms with E-state index in [1.54, 1.807) is 47.4 Å². The summed E-state index contributed by atoms with van der Waals surface area (Å²) < 4.78 is 0. The molecule has 198 valence electrons. The first-order chi connectivity index (χ1) is 18.7. The van der Waals surface area contributed by atoms with E-state index in [2.05, 4.69) is 23.5 Å². The molecule has 4 rings (SSSR count). The molecule has 0 spiro atoms. The van der Waals surface area contributed by atoms with Crippen LogP contribution in [0.5, 0.6) is 0 Å². The summed E-state index contributed by atoms with van der Waals surface area (Å²) in [6, 6.07) is 14.7. The van der Waals surface area contributed by atoms with Crippen LogP contribution in [0.4, 0.5) is 5.82 Å². The Hall–Kier alpha value is -4.69. The van der Waals surface area contributed by atoms with Gasteiger partial charge in [-0.25, -0.2) is 9.78 Å². The number of aromatic carboxylic acids is 1. The van der Waals surface area contributed by atoms with E-state index < -0.39 is 11.9 Å². The average Bonchev–Trinajstić information content (AvgIpc) is 3.40. The number of carboxylic acid groups (broad SMARTS) is 1. The highest BCUT2D eigenvalue weighted by Gasteiger charge is 2.29. The van der Waals surface area contributed by atoms with Crippen LogP contribution in [0.25, 0.3) is 16.7 Å². The van der Waals surface area contributed by atoms with E-state index in [-0.39, 0.29) is 28.9 Å². The van der Waals surface area contributed by atoms with Crippen LogP contribution in [-0.4, -0.2) is 51.9 Å². The van der Waals surface area contributed by atoms with Gasteiger partial charge in [0, 0.05) is 41.5 Å². The van der Waals surface area contributed by atoms with E-state index in [0.717, 1.165) is 11.1 Å². The number of halogens is 1. The molecule has 2 aromatic carbocycles. The van der Waals surface area contributed by atoms with E-state index in [9.17, 15) is 14.4 Å². The standard InChI is InChI=1S/C30H27ClN4O4/c1-3-4-25(18(2)31)20-7-9-21(10-8-20)29(37)35-14-13-24(17-35)34-28(36)26-15-23(16-33-27(26)32)19-5-11-22(12-6-19)30(38)39/h3-12,15-16,24H,1-2,13-14,17H2,(H2,32,33)(H,34,36)(H,38,39)/b25-4+. The lowest BCUT2D eigenvalue weighted by atomic mass is 10.0. The summed E-state index contributed by atoms with van der Waals surface area (Å²) in [4.78, 5) is 43.1. The number of carboxylic acids is 1. The van der Waals surface area contributed by atoms with Crippen LogP contribution < -0.4 is 11.1 Å². The number of carbonyl (C=O) groups excluding carboxylic acids is 2. The lowest BCUT2D eigenvalue weighted by molar-refractivity contribution is 0.0696. The molecule has 1 aliphatic heterocycles. The van der Waals surface area contributed by atoms with Crippen LogP contribution in [0, 0.1) is 0 Å². The molecule has 0 bridgehead atoms. The van der Waals surface area contributed by atoms with Crippen molar-refractivity contribution in [1.82, 2.24) is 15.2 Å². The minimum atomic E-state index is -1.02. The molecule has 2 heterocycles. The Morgan fingerprint density at radius 2 is 1.69 bits per heavy atom. The molecule has 1 unspecified atom stereocenters. The van der Waals surface area contributed by atoms with Gasteiger partial charge in [-0.1, -0.05) is 61.2 Å². The van der Waals surface area contributed by atoms with Crippen molar-refractivity contribution >= 4 is 40.8 Å². The van der Waals surface area contributed by atoms with E-state index in [4.69, 9.17) is 22.4 Å². The number of rotatable bonds is 8. The Kier molecular flexibility index (Phi) is 8.27. The van der Waals surface area contributed by atoms with Gasteiger partial charge in [-0.05, 0) is 53.5 Å². The summed E-state index contributed by atoms with van der Waals surface area (Å²) in [5, 5.41) is 12.4. The molecular weight excluding hydrogens is 516 g/mol. The largest absolute Gasteiger partial charge is 0.478 e. The van der Waals surface area contributed by atoms with E-state index in [0.29, 0.717) is 41.2 Å². The fourth-order valence-corrected chi connectivity index (χ4v) is 4.55. The number of likely N-dealkylation sites (tertiary alicyclic amines) is 1. The maximum absolute atomic E-state index is 13.1. The topological polar surface area (TPSA) is 126 Å². The summed E-state index contributed by atoms with van der Waals surface area (Å²) >= 11 is 6.08. The molecule has 1 atom stereocenters. The Morgan fingerprint density at radius 1 is 1.05 bits per heavy atom. The number of amides is 2. The van der Waals surface area contributed by atoms with E-state index in [1.165, 1.54) is 18.3 Å². The third kappa shape index (κ3) is 6.25. The van der Waals surface area contributed by atoms with Crippen molar-refractivity contribution in [3.63, 3.8) is 0 Å². The smallest absolute Gasteiger partial charge is 0.335 e. The molecule has 0 saturated carbocycles. The number of nitrogens with two attached hydrogens (primary N) is 1. The maximum Gasteiger partial charge on any atom is 0.335 e. The van der Waals surface area contributed by atoms with Gasteiger partial charge < -0.3 is 21.1 Å². The van der Waals surface area contributed by atoms with Crippen LogP contribution in [0.15, 0.2) is 91.1 Å². The number of allylic oxidation sites excluding steroid dienone is 4. The normalized spacial score (nSPS) is 15.1. The van der Waals surface area contributed by atoms with Crippen molar-refractivity contribution in [3.05, 3.63) is 113 Å². The molecule has 39 heavy (non-hydrogen) atoms. The van der Waals surface area contributed by atoms with Gasteiger partial charge in [-0.3, -0.25) is 9.59 Å². The summed E-state index contributed by atoms with van der Waals surface area (Å²) in [6.07, 6.45) is 5.51. The molecule has 2 amide bonds. The van der Waals surface area contributed by atoms with Crippen molar-refractivity contribution in [2.45, 2.75) is 12.5 Å². The monoisotopic (exact) mass is 542 g/mol. The van der Waals surface area contributed by atoms with Crippen LogP contribution in [0.2, 0.25) is 0 Å². The van der Waals surface area contributed by atoms with Crippen LogP contribution in [-0.2, 0) is 0 Å². The minimum Gasteiger partial charge on any atom is -0.478 e. The molecule has 1 aliphatic rings. The third-order valence-corrected chi connectivity index (χ3v) is 6.66. The van der Waals surface area contributed by atoms with Gasteiger partial charge in [-0.15, -0.1) is 0 Å². The Balaban J connectivity index is 1.41. The van der Waals surface area contributed by atoms with Gasteiger partial charge in [0.15, 0.2) is 0 Å². The second kappa shape index (κ2) is 11.8. The minimum absolute atomic E-state index is 0.0777. The maximum atomic E-state index is 13.1. The fraction of sp³-hybridized carbons (Fsp3) is 0.133. The highest BCUT2D eigenvalue weighted by atomic mass is 35.5. The number of pyridine rings is 1. The summed E-state index contributed by atoms with van der Waals surface area (Å²) in [5.41, 5.74) is 9.76. The van der Waals surface area contributed by atoms with Crippen molar-refractivity contribution in [2.24, 2.45) is 0 Å². The van der Waals surface area contributed by atoms with Crippen LogP contribution in [0.3, 0.4) is 0 Å². The molecule has 9 heteroatoms. The van der Waals surface area contributed by atoms with Gasteiger partial charge in [0.05, 0.1) is 11.1 Å². The number of benzene rings is 2. The number of carbonyl (C=O) groups is 3. The molecule has 1 aromatic heterocycles. The molecule has 8 nitrogen and oxygen atoms in total. The lowest BCUT2D eigenvalue weighted by Gasteiger charge is -2.18. The number of nitrogens with one attached hydrogen (secondary N) is 1. The number of nitrogen functional groups attached to an aromatic ring is 1. The van der Waals surface area contributed by atoms with Crippen molar-refractivity contribution in [3.8, 4) is 11.1 Å². The summed E-state index contributed by atoms with van der Waals surface area (Å²) in [6.45, 7) is 8.31. The van der Waals surface area contributed by atoms with Gasteiger partial charge in [-0.2, -0.15) is 0 Å². The van der Waals surface area contributed by atoms with E-state index >= 15 is 0 Å². The second-order valence-corrected chi connectivity index (χ2v) is 9.50. The van der Waals surface area contributed by atoms with E-state index in [1.807, 2.05) is 12.1 Å². The van der Waals surface area contributed by atoms with Crippen molar-refractivity contribution < 1.29 is 19.5 Å². The fourth-order valence-electron chi connectivity index (χ4n) is 4.38. The molecule has 0 radical (unpaired) electrons. The molecule has 1 saturated heterocycles. The highest BCUT2D eigenvalue weighted by molar-refractivity contribution is 6.36. The third-order valence-electron chi connectivity index (χ3n) is 6.46. The Morgan fingerprint density at radius 3 is 2.31 bits per heavy atom. The van der Waals surface area contributed by atoms with Gasteiger partial charge in [0.1, 0.15) is 5.82 Å². The van der Waals surface area contributed by atoms with Crippen molar-refractivity contribution in [1.29, 1.82) is 0 Å². The van der Waals surface area contributed by atoms with Gasteiger partial charge in [0.25, 0.3) is 11.8 Å². The second-order valence-electron chi connectivity index (χ2n) is 9.05. The molecule has 4 N–H and O–H groups in total. The molecule has 1 fully saturated rings. The molecule has 0 aliphatic carbocycles. The predicted octanol–water partition coefficient (Wildman–Crippen LogP) is 5.00. The number of aromatic nitrogens is 1. The molecule has 3 aromatic rings. The molecular formula is C30H27ClN4O4. The number of nitrogens with zero attached hydrogens (tertiary/aromatic N) is 2. The Bertz CT molecular complexity index is 1480. The number of anilines is 1. The Labute approximate surface area is 231 Å². The zero-order valence-corrected chi connectivity index (χ0v) is 21.8. The first kappa shape index (κ1) is 27.3. The van der Waals surface area contributed by atoms with Crippen molar-refractivity contribution in [2.75, 3.05) is 18.8 Å². The quantitative estimate of drug-likeness (QED) is 0.344. The number of hydrogen-bond acceptors (Lipinski definition) is 5. The van der Waals surface area contributed by atoms with Gasteiger partial charge >= 0.3 is 5.97 Å². The summed E-state index contributed by atoms with van der Waals surface area (Å²) in [7, 11) is 0. The first-order valence-corrected chi connectivity index (χ1v) is 12.5. The summed E-state index contributed by atoms with van der Waals surface area (Å²) in [5.74, 6) is -1.47. The number of hydrogen-bond donors (Lipinski definition) is 3. The zero-order valence-electron chi connectivity index (χ0n) is 21.1. The van der Waals surface area contributed by atoms with Crippen LogP contribution in [0.1, 0.15) is 43.1 Å². The predicted molar refractivity (Wildman–Crippen MR) is 152 cm³/mol. The SMILES string of the molecule is C=C/C=C(\C(=C)Cl)c1ccc(C(=O)N2CCC(NC(=O)c3cc(-c4ccc(C(=O)O)cc4)cnc3N)C2)cc1. The van der Waals surface area contributed by atoms with Gasteiger partial charge in [0.2, 0.25) is 0 Å².